The highest BCUT2D eigenvalue weighted by molar-refractivity contribution is 6.23. The molecule has 0 spiro atoms. The first-order valence-corrected chi connectivity index (χ1v) is 22.1. The minimum absolute atomic E-state index is 0.0641. The Hall–Kier alpha value is -6.10. The highest BCUT2D eigenvalue weighted by atomic mass is 16.2. The molecule has 0 aliphatic carbocycles. The van der Waals surface area contributed by atoms with Gasteiger partial charge in [0.1, 0.15) is 11.9 Å². The van der Waals surface area contributed by atoms with E-state index in [1.54, 1.807) is 23.2 Å². The Morgan fingerprint density at radius 1 is 0.839 bits per heavy atom. The van der Waals surface area contributed by atoms with Gasteiger partial charge in [0.2, 0.25) is 11.8 Å². The number of rotatable bonds is 11. The van der Waals surface area contributed by atoms with Crippen molar-refractivity contribution in [2.45, 2.75) is 75.8 Å². The largest absolute Gasteiger partial charge is 0.371 e. The Morgan fingerprint density at radius 3 is 2.31 bits per heavy atom. The molecule has 17 heteroatoms. The van der Waals surface area contributed by atoms with Gasteiger partial charge in [0.25, 0.3) is 17.7 Å². The lowest BCUT2D eigenvalue weighted by molar-refractivity contribution is -0.136. The fourth-order valence-corrected chi connectivity index (χ4v) is 10.2. The van der Waals surface area contributed by atoms with E-state index in [1.165, 1.54) is 5.56 Å². The van der Waals surface area contributed by atoms with Crippen molar-refractivity contribution in [2.24, 2.45) is 11.7 Å². The molecule has 2 aromatic carbocycles. The molecule has 6 aliphatic heterocycles. The first-order valence-electron chi connectivity index (χ1n) is 22.1. The second kappa shape index (κ2) is 17.3. The molecule has 3 aromatic rings. The summed E-state index contributed by atoms with van der Waals surface area (Å²) in [5.41, 5.74) is 9.42. The summed E-state index contributed by atoms with van der Waals surface area (Å²) in [6, 6.07) is 12.9. The summed E-state index contributed by atoms with van der Waals surface area (Å²) < 4.78 is 0. The van der Waals surface area contributed by atoms with Crippen molar-refractivity contribution in [3.63, 3.8) is 0 Å². The number of hydrogen-bond acceptors (Lipinski definition) is 12. The molecule has 1 aromatic heterocycles. The van der Waals surface area contributed by atoms with Crippen LogP contribution in [0, 0.1) is 5.92 Å². The maximum absolute atomic E-state index is 13.3. The Kier molecular flexibility index (Phi) is 11.5. The van der Waals surface area contributed by atoms with Crippen molar-refractivity contribution < 1.29 is 28.8 Å². The van der Waals surface area contributed by atoms with Crippen LogP contribution in [0.2, 0.25) is 0 Å². The normalized spacial score (nSPS) is 23.0. The van der Waals surface area contributed by atoms with Crippen LogP contribution in [-0.2, 0) is 9.59 Å². The quantitative estimate of drug-likeness (QED) is 0.238. The summed E-state index contributed by atoms with van der Waals surface area (Å²) in [5.74, 6) is -0.559. The molecule has 5 fully saturated rings. The van der Waals surface area contributed by atoms with Crippen molar-refractivity contribution in [2.75, 3.05) is 81.1 Å². The third-order valence-electron chi connectivity index (χ3n) is 13.9. The minimum Gasteiger partial charge on any atom is -0.371 e. The van der Waals surface area contributed by atoms with Crippen molar-refractivity contribution in [1.29, 1.82) is 0 Å². The Labute approximate surface area is 361 Å². The van der Waals surface area contributed by atoms with Gasteiger partial charge in [-0.1, -0.05) is 12.1 Å². The number of anilines is 4. The van der Waals surface area contributed by atoms with E-state index in [1.807, 2.05) is 30.1 Å². The van der Waals surface area contributed by atoms with Crippen molar-refractivity contribution in [1.82, 2.24) is 34.9 Å². The minimum atomic E-state index is -0.968. The summed E-state index contributed by atoms with van der Waals surface area (Å²) >= 11 is 0. The van der Waals surface area contributed by atoms with E-state index in [9.17, 15) is 28.8 Å². The van der Waals surface area contributed by atoms with Crippen molar-refractivity contribution in [3.05, 3.63) is 71.0 Å². The summed E-state index contributed by atoms with van der Waals surface area (Å²) in [6.45, 7) is 7.80. The molecule has 0 radical (unpaired) electrons. The molecule has 1 unspecified atom stereocenters. The zero-order valence-corrected chi connectivity index (χ0v) is 35.3. The molecular weight excluding hydrogens is 791 g/mol. The molecule has 6 aliphatic rings. The molecular formula is C45H55N11O6. The highest BCUT2D eigenvalue weighted by Gasteiger charge is 2.45. The number of nitrogens with one attached hydrogen (secondary N) is 2. The first-order chi connectivity index (χ1) is 30.0. The lowest BCUT2D eigenvalue weighted by Gasteiger charge is -2.37. The van der Waals surface area contributed by atoms with Gasteiger partial charge in [0.05, 0.1) is 23.4 Å². The maximum Gasteiger partial charge on any atom is 0.320 e. The van der Waals surface area contributed by atoms with Crippen LogP contribution in [0.4, 0.5) is 27.8 Å². The third kappa shape index (κ3) is 8.29. The smallest absolute Gasteiger partial charge is 0.320 e. The second-order valence-corrected chi connectivity index (χ2v) is 17.7. The van der Waals surface area contributed by atoms with Crippen LogP contribution in [0.1, 0.15) is 100 Å². The SMILES string of the molecule is CN1CCN([C@@H]2CCCN(c3cnc(C(N)=O)c(Nc4ccc(C5CCN(CCC6CCN(c7ccc8c(c7)C(=O)N(C7CCC(=O)NC7=O)C8=O)CC6)CC5)cc4)n3)C2)C1=O. The van der Waals surface area contributed by atoms with E-state index >= 15 is 0 Å². The number of nitrogens with zero attached hydrogens (tertiary/aromatic N) is 8. The Morgan fingerprint density at radius 2 is 1.60 bits per heavy atom. The molecule has 7 heterocycles. The van der Waals surface area contributed by atoms with Crippen LogP contribution in [0.15, 0.2) is 48.7 Å². The lowest BCUT2D eigenvalue weighted by Crippen LogP contribution is -2.54. The number of piperidine rings is 4. The number of amides is 7. The molecule has 326 valence electrons. The van der Waals surface area contributed by atoms with Gasteiger partial charge in [-0.25, -0.2) is 14.8 Å². The number of primary amides is 1. The maximum atomic E-state index is 13.3. The number of likely N-dealkylation sites (tertiary alicyclic amines) is 1. The summed E-state index contributed by atoms with van der Waals surface area (Å²) in [4.78, 5) is 96.6. The van der Waals surface area contributed by atoms with E-state index in [4.69, 9.17) is 10.7 Å². The Balaban J connectivity index is 0.734. The number of imide groups is 2. The third-order valence-corrected chi connectivity index (χ3v) is 13.9. The number of hydrogen-bond donors (Lipinski definition) is 3. The number of benzene rings is 2. The zero-order chi connectivity index (χ0) is 43.1. The van der Waals surface area contributed by atoms with Gasteiger partial charge in [-0.3, -0.25) is 34.2 Å². The van der Waals surface area contributed by atoms with Gasteiger partial charge in [-0.15, -0.1) is 0 Å². The van der Waals surface area contributed by atoms with Crippen molar-refractivity contribution in [3.8, 4) is 0 Å². The van der Waals surface area contributed by atoms with Gasteiger partial charge in [-0.05, 0) is 119 Å². The summed E-state index contributed by atoms with van der Waals surface area (Å²) in [6.07, 6.45) is 9.11. The standard InChI is InChI=1S/C45H55N11O6/c1-51-23-24-55(45(51)62)33-3-2-17-54(27-33)37-26-47-39(40(46)58)41(49-37)48-31-6-4-29(5-7-31)30-15-19-52(20-16-30)18-12-28-13-21-53(22-14-28)32-8-9-34-35(25-32)44(61)56(43(34)60)36-10-11-38(57)50-42(36)59/h4-9,25-26,28,30,33,36H,2-3,10-24,27H2,1H3,(H2,46,58)(H,48,49)(H,50,57,59)/t33-,36?/m1/s1. The van der Waals surface area contributed by atoms with E-state index in [0.29, 0.717) is 41.1 Å². The topological polar surface area (TPSA) is 198 Å². The molecule has 4 N–H and O–H groups in total. The number of aromatic nitrogens is 2. The average Bonchev–Trinajstić information content (AvgIpc) is 3.75. The molecule has 7 amide bonds. The molecule has 0 bridgehead atoms. The lowest BCUT2D eigenvalue weighted by atomic mass is 9.88. The first kappa shape index (κ1) is 41.3. The number of nitrogens with two attached hydrogens (primary N) is 1. The Bertz CT molecular complexity index is 2250. The number of carbonyl (C=O) groups excluding carboxylic acids is 6. The number of carbonyl (C=O) groups is 6. The van der Waals surface area contributed by atoms with Crippen LogP contribution >= 0.6 is 0 Å². The van der Waals surface area contributed by atoms with Crippen LogP contribution < -0.4 is 26.2 Å². The van der Waals surface area contributed by atoms with Crippen LogP contribution in [0.3, 0.4) is 0 Å². The number of fused-ring (bicyclic) bond motifs is 1. The van der Waals surface area contributed by atoms with E-state index < -0.39 is 29.7 Å². The van der Waals surface area contributed by atoms with Gasteiger partial charge >= 0.3 is 6.03 Å². The summed E-state index contributed by atoms with van der Waals surface area (Å²) in [5, 5.41) is 5.56. The molecule has 17 nitrogen and oxygen atoms in total. The van der Waals surface area contributed by atoms with Crippen LogP contribution in [0.25, 0.3) is 0 Å². The van der Waals surface area contributed by atoms with Crippen molar-refractivity contribution >= 4 is 58.6 Å². The molecule has 9 rings (SSSR count). The van der Waals surface area contributed by atoms with E-state index in [2.05, 4.69) is 42.5 Å². The van der Waals surface area contributed by atoms with Crippen LogP contribution in [-0.4, -0.2) is 143 Å². The second-order valence-electron chi connectivity index (χ2n) is 17.7. The van der Waals surface area contributed by atoms with Gasteiger partial charge < -0.3 is 35.6 Å². The fourth-order valence-electron chi connectivity index (χ4n) is 10.2. The summed E-state index contributed by atoms with van der Waals surface area (Å²) in [7, 11) is 1.83. The van der Waals surface area contributed by atoms with Gasteiger partial charge in [-0.2, -0.15) is 0 Å². The average molecular weight is 846 g/mol. The van der Waals surface area contributed by atoms with Crippen LogP contribution in [0.5, 0.6) is 0 Å². The molecule has 0 saturated carbocycles. The van der Waals surface area contributed by atoms with E-state index in [-0.39, 0.29) is 36.5 Å². The fraction of sp³-hybridized carbons (Fsp3) is 0.511. The predicted molar refractivity (Wildman–Crippen MR) is 231 cm³/mol. The number of urea groups is 1. The zero-order valence-electron chi connectivity index (χ0n) is 35.3. The highest BCUT2D eigenvalue weighted by Crippen LogP contribution is 2.34. The van der Waals surface area contributed by atoms with Gasteiger partial charge in [0.15, 0.2) is 11.5 Å². The number of likely N-dealkylation sites (N-methyl/N-ethyl adjacent to an activating group) is 1. The molecule has 5 saturated heterocycles. The molecule has 2 atom stereocenters. The van der Waals surface area contributed by atoms with E-state index in [0.717, 1.165) is 114 Å². The predicted octanol–water partition coefficient (Wildman–Crippen LogP) is 3.54. The van der Waals surface area contributed by atoms with Gasteiger partial charge in [0, 0.05) is 64.1 Å². The monoisotopic (exact) mass is 845 g/mol. The molecule has 62 heavy (non-hydrogen) atoms.